The molecule has 0 bridgehead atoms. The minimum absolute atomic E-state index is 0.322. The van der Waals surface area contributed by atoms with E-state index >= 15 is 0 Å². The van der Waals surface area contributed by atoms with E-state index in [-0.39, 0.29) is 5.97 Å². The van der Waals surface area contributed by atoms with Crippen LogP contribution in [0.3, 0.4) is 0 Å². The fourth-order valence-corrected chi connectivity index (χ4v) is 3.77. The molecule has 0 amide bonds. The lowest BCUT2D eigenvalue weighted by molar-refractivity contribution is -0.156. The Morgan fingerprint density at radius 2 is 1.62 bits per heavy atom. The first-order chi connectivity index (χ1) is 16.5. The van der Waals surface area contributed by atoms with Crippen LogP contribution in [-0.2, 0) is 20.7 Å². The van der Waals surface area contributed by atoms with Crippen LogP contribution in [0, 0.1) is 6.92 Å². The Morgan fingerprint density at radius 3 is 2.26 bits per heavy atom. The van der Waals surface area contributed by atoms with Crippen molar-refractivity contribution in [3.63, 3.8) is 0 Å². The van der Waals surface area contributed by atoms with E-state index in [2.05, 4.69) is 68.5 Å². The molecule has 1 atom stereocenters. The molecule has 0 aliphatic carbocycles. The minimum Gasteiger partial charge on any atom is -0.490 e. The van der Waals surface area contributed by atoms with Crippen molar-refractivity contribution in [2.45, 2.75) is 40.2 Å². The number of rotatable bonds is 11. The highest BCUT2D eigenvalue weighted by Crippen LogP contribution is 2.25. The number of hydrogen-bond acceptors (Lipinski definition) is 4. The number of aryl methyl sites for hydroxylation is 1. The van der Waals surface area contributed by atoms with Crippen molar-refractivity contribution < 1.29 is 19.0 Å². The van der Waals surface area contributed by atoms with Gasteiger partial charge in [0.15, 0.2) is 6.10 Å². The number of hydrogen-bond donors (Lipinski definition) is 0. The molecular weight excluding hydrogens is 424 g/mol. The average molecular weight is 459 g/mol. The third kappa shape index (κ3) is 7.06. The van der Waals surface area contributed by atoms with Crippen LogP contribution in [0.1, 0.15) is 37.5 Å². The molecule has 0 radical (unpaired) electrons. The summed E-state index contributed by atoms with van der Waals surface area (Å²) in [6.07, 6.45) is 1.98. The highest BCUT2D eigenvalue weighted by Gasteiger charge is 2.20. The second-order valence-corrected chi connectivity index (χ2v) is 8.13. The lowest BCUT2D eigenvalue weighted by Crippen LogP contribution is -2.28. The lowest BCUT2D eigenvalue weighted by atomic mass is 9.98. The molecule has 4 nitrogen and oxygen atoms in total. The number of benzene rings is 3. The van der Waals surface area contributed by atoms with E-state index in [4.69, 9.17) is 14.2 Å². The van der Waals surface area contributed by atoms with Gasteiger partial charge in [0.2, 0.25) is 0 Å². The molecule has 0 spiro atoms. The number of allylic oxidation sites excluding steroid dienone is 1. The predicted molar refractivity (Wildman–Crippen MR) is 138 cm³/mol. The van der Waals surface area contributed by atoms with E-state index in [0.717, 1.165) is 11.3 Å². The van der Waals surface area contributed by atoms with Gasteiger partial charge in [-0.3, -0.25) is 0 Å². The van der Waals surface area contributed by atoms with Gasteiger partial charge in [0.1, 0.15) is 12.4 Å². The molecule has 0 unspecified atom stereocenters. The average Bonchev–Trinajstić information content (AvgIpc) is 2.85. The van der Waals surface area contributed by atoms with Crippen molar-refractivity contribution in [2.75, 3.05) is 19.8 Å². The fourth-order valence-electron chi connectivity index (χ4n) is 3.77. The topological polar surface area (TPSA) is 44.8 Å². The normalized spacial score (nSPS) is 12.3. The maximum Gasteiger partial charge on any atom is 0.335 e. The molecule has 0 saturated carbocycles. The third-order valence-corrected chi connectivity index (χ3v) is 5.70. The Morgan fingerprint density at radius 1 is 0.912 bits per heavy atom. The van der Waals surface area contributed by atoms with Crippen LogP contribution in [0.2, 0.25) is 0 Å². The van der Waals surface area contributed by atoms with Gasteiger partial charge in [-0.2, -0.15) is 0 Å². The lowest BCUT2D eigenvalue weighted by Gasteiger charge is -2.15. The molecule has 3 rings (SSSR count). The molecule has 34 heavy (non-hydrogen) atoms. The summed E-state index contributed by atoms with van der Waals surface area (Å²) < 4.78 is 16.6. The van der Waals surface area contributed by atoms with Gasteiger partial charge in [0.25, 0.3) is 0 Å². The van der Waals surface area contributed by atoms with E-state index in [9.17, 15) is 4.79 Å². The predicted octanol–water partition coefficient (Wildman–Crippen LogP) is 6.66. The van der Waals surface area contributed by atoms with E-state index in [0.29, 0.717) is 26.2 Å². The van der Waals surface area contributed by atoms with Crippen molar-refractivity contribution in [2.24, 2.45) is 0 Å². The van der Waals surface area contributed by atoms with Crippen LogP contribution in [0.4, 0.5) is 0 Å². The van der Waals surface area contributed by atoms with Gasteiger partial charge in [-0.05, 0) is 79.3 Å². The Balaban J connectivity index is 1.55. The van der Waals surface area contributed by atoms with Gasteiger partial charge in [-0.15, -0.1) is 0 Å². The first kappa shape index (κ1) is 25.3. The smallest absolute Gasteiger partial charge is 0.335 e. The summed E-state index contributed by atoms with van der Waals surface area (Å²) >= 11 is 0. The van der Waals surface area contributed by atoms with Gasteiger partial charge < -0.3 is 14.2 Å². The standard InChI is InChI=1S/C30H34O4/c1-5-32-29(30(31)33-6-2)21-24-11-17-27(18-12-24)34-20-19-22(3)25-13-15-26(16-14-25)28-10-8-7-9-23(28)4/h7-19,29H,5-6,20-21H2,1-4H3/b22-19+/t29-/m0/s1. The first-order valence-corrected chi connectivity index (χ1v) is 11.8. The fraction of sp³-hybridized carbons (Fsp3) is 0.300. The van der Waals surface area contributed by atoms with Crippen molar-refractivity contribution in [1.29, 1.82) is 0 Å². The molecule has 3 aromatic rings. The summed E-state index contributed by atoms with van der Waals surface area (Å²) in [6, 6.07) is 24.8. The molecule has 0 saturated heterocycles. The SMILES string of the molecule is CCOC(=O)[C@H](Cc1ccc(OC/C=C(\C)c2ccc(-c3ccccc3C)cc2)cc1)OCC. The monoisotopic (exact) mass is 458 g/mol. The van der Waals surface area contributed by atoms with Crippen molar-refractivity contribution in [3.8, 4) is 16.9 Å². The van der Waals surface area contributed by atoms with Gasteiger partial charge >= 0.3 is 5.97 Å². The Bertz CT molecular complexity index is 1080. The van der Waals surface area contributed by atoms with E-state index in [1.165, 1.54) is 27.8 Å². The second kappa shape index (κ2) is 12.8. The van der Waals surface area contributed by atoms with Crippen molar-refractivity contribution in [3.05, 3.63) is 95.6 Å². The molecule has 178 valence electrons. The van der Waals surface area contributed by atoms with E-state index < -0.39 is 6.10 Å². The number of ether oxygens (including phenoxy) is 3. The quantitative estimate of drug-likeness (QED) is 0.302. The summed E-state index contributed by atoms with van der Waals surface area (Å²) in [5, 5.41) is 0. The molecule has 0 aromatic heterocycles. The van der Waals surface area contributed by atoms with Gasteiger partial charge in [-0.1, -0.05) is 60.7 Å². The number of carbonyl (C=O) groups is 1. The Hall–Kier alpha value is -3.37. The zero-order valence-corrected chi connectivity index (χ0v) is 20.5. The first-order valence-electron chi connectivity index (χ1n) is 11.8. The highest BCUT2D eigenvalue weighted by atomic mass is 16.6. The van der Waals surface area contributed by atoms with E-state index in [1.807, 2.05) is 31.2 Å². The summed E-state index contributed by atoms with van der Waals surface area (Å²) in [4.78, 5) is 12.1. The second-order valence-electron chi connectivity index (χ2n) is 8.13. The summed E-state index contributed by atoms with van der Waals surface area (Å²) in [7, 11) is 0. The summed E-state index contributed by atoms with van der Waals surface area (Å²) in [5.74, 6) is 0.462. The summed E-state index contributed by atoms with van der Waals surface area (Å²) in [6.45, 7) is 9.19. The largest absolute Gasteiger partial charge is 0.490 e. The van der Waals surface area contributed by atoms with Gasteiger partial charge in [-0.25, -0.2) is 4.79 Å². The van der Waals surface area contributed by atoms with E-state index in [1.54, 1.807) is 6.92 Å². The van der Waals surface area contributed by atoms with Crippen LogP contribution in [0.15, 0.2) is 78.9 Å². The number of esters is 1. The molecule has 4 heteroatoms. The van der Waals surface area contributed by atoms with Crippen LogP contribution in [0.5, 0.6) is 5.75 Å². The zero-order chi connectivity index (χ0) is 24.3. The van der Waals surface area contributed by atoms with Crippen molar-refractivity contribution in [1.82, 2.24) is 0 Å². The molecule has 0 aliphatic rings. The minimum atomic E-state index is -0.584. The number of carbonyl (C=O) groups excluding carboxylic acids is 1. The zero-order valence-electron chi connectivity index (χ0n) is 20.5. The molecular formula is C30H34O4. The molecule has 0 aliphatic heterocycles. The Labute approximate surface area is 203 Å². The maximum absolute atomic E-state index is 12.1. The third-order valence-electron chi connectivity index (χ3n) is 5.70. The van der Waals surface area contributed by atoms with Gasteiger partial charge in [0, 0.05) is 13.0 Å². The maximum atomic E-state index is 12.1. The van der Waals surface area contributed by atoms with Gasteiger partial charge in [0.05, 0.1) is 6.61 Å². The van der Waals surface area contributed by atoms with Crippen LogP contribution in [0.25, 0.3) is 16.7 Å². The molecule has 3 aromatic carbocycles. The Kier molecular flexibility index (Phi) is 9.48. The molecule has 0 fully saturated rings. The van der Waals surface area contributed by atoms with Crippen molar-refractivity contribution >= 4 is 11.5 Å². The molecule has 0 heterocycles. The van der Waals surface area contributed by atoms with Crippen LogP contribution in [-0.4, -0.2) is 31.9 Å². The van der Waals surface area contributed by atoms with Crippen LogP contribution < -0.4 is 4.74 Å². The highest BCUT2D eigenvalue weighted by molar-refractivity contribution is 5.75. The summed E-state index contributed by atoms with van der Waals surface area (Å²) in [5.41, 5.74) is 7.10. The van der Waals surface area contributed by atoms with Crippen LogP contribution >= 0.6 is 0 Å². The molecule has 0 N–H and O–H groups in total.